The minimum absolute atomic E-state index is 0.0233. The van der Waals surface area contributed by atoms with E-state index in [4.69, 9.17) is 10.5 Å². The fourth-order valence-corrected chi connectivity index (χ4v) is 3.14. The molecule has 0 saturated heterocycles. The molecule has 10 heteroatoms. The molecule has 4 N–H and O–H groups in total. The number of nitrogens with zero attached hydrogens (tertiary/aromatic N) is 4. The first kappa shape index (κ1) is 18.4. The highest BCUT2D eigenvalue weighted by atomic mass is 16.5. The van der Waals surface area contributed by atoms with Gasteiger partial charge in [0.25, 0.3) is 0 Å². The molecule has 0 radical (unpaired) electrons. The Morgan fingerprint density at radius 1 is 1.37 bits per heavy atom. The van der Waals surface area contributed by atoms with Gasteiger partial charge in [0.2, 0.25) is 11.9 Å². The Labute approximate surface area is 155 Å². The second kappa shape index (κ2) is 7.06. The quantitative estimate of drug-likeness (QED) is 0.696. The molecule has 27 heavy (non-hydrogen) atoms. The number of rotatable bonds is 5. The van der Waals surface area contributed by atoms with Crippen molar-refractivity contribution in [1.29, 1.82) is 0 Å². The molecule has 1 amide bonds. The van der Waals surface area contributed by atoms with E-state index in [0.717, 1.165) is 11.1 Å². The molecule has 142 valence electrons. The van der Waals surface area contributed by atoms with E-state index in [9.17, 15) is 14.7 Å². The number of aryl methyl sites for hydroxylation is 1. The molecule has 0 saturated carbocycles. The number of hydrogen-bond donors (Lipinski definition) is 3. The SMILES string of the molecule is COc1c(C)cnc(CN2c3nc(N)ncc3NC(=O)[C@H]2CC(=O)O)c1C. The van der Waals surface area contributed by atoms with Gasteiger partial charge in [0, 0.05) is 17.3 Å². The van der Waals surface area contributed by atoms with Gasteiger partial charge in [-0.15, -0.1) is 0 Å². The molecule has 0 aliphatic carbocycles. The Morgan fingerprint density at radius 3 is 2.78 bits per heavy atom. The molecule has 0 unspecified atom stereocenters. The number of carboxylic acid groups (broad SMARTS) is 1. The lowest BCUT2D eigenvalue weighted by Gasteiger charge is -2.36. The average Bonchev–Trinajstić information content (AvgIpc) is 2.60. The van der Waals surface area contributed by atoms with Crippen LogP contribution in [0.1, 0.15) is 23.2 Å². The Morgan fingerprint density at radius 2 is 2.11 bits per heavy atom. The maximum absolute atomic E-state index is 12.5. The van der Waals surface area contributed by atoms with Crippen molar-refractivity contribution < 1.29 is 19.4 Å². The van der Waals surface area contributed by atoms with E-state index < -0.39 is 24.3 Å². The van der Waals surface area contributed by atoms with Gasteiger partial charge in [-0.25, -0.2) is 4.98 Å². The molecule has 0 bridgehead atoms. The van der Waals surface area contributed by atoms with E-state index in [-0.39, 0.29) is 12.5 Å². The molecule has 2 aromatic rings. The molecule has 2 aromatic heterocycles. The van der Waals surface area contributed by atoms with Gasteiger partial charge >= 0.3 is 5.97 Å². The highest BCUT2D eigenvalue weighted by Crippen LogP contribution is 2.34. The van der Waals surface area contributed by atoms with Crippen LogP contribution in [0.4, 0.5) is 17.5 Å². The third-order valence-corrected chi connectivity index (χ3v) is 4.43. The van der Waals surface area contributed by atoms with Crippen LogP contribution in [-0.2, 0) is 16.1 Å². The number of amides is 1. The van der Waals surface area contributed by atoms with Gasteiger partial charge in [0.15, 0.2) is 5.82 Å². The first-order valence-electron chi connectivity index (χ1n) is 8.22. The third-order valence-electron chi connectivity index (χ3n) is 4.43. The van der Waals surface area contributed by atoms with Crippen molar-refractivity contribution >= 4 is 29.3 Å². The summed E-state index contributed by atoms with van der Waals surface area (Å²) in [5.74, 6) is -0.477. The molecule has 0 fully saturated rings. The standard InChI is InChI=1S/C17H20N6O4/c1-8-5-19-11(9(2)14(8)27-3)7-23-12(4-13(24)25)16(26)21-10-6-20-17(18)22-15(10)23/h5-6,12H,4,7H2,1-3H3,(H,21,26)(H,24,25)(H2,18,20,22)/t12-/m1/s1. The van der Waals surface area contributed by atoms with Crippen molar-refractivity contribution in [2.75, 3.05) is 23.1 Å². The van der Waals surface area contributed by atoms with Gasteiger partial charge in [0.05, 0.1) is 32.0 Å². The topological polar surface area (TPSA) is 144 Å². The number of aliphatic carboxylic acids is 1. The maximum Gasteiger partial charge on any atom is 0.305 e. The fourth-order valence-electron chi connectivity index (χ4n) is 3.14. The smallest absolute Gasteiger partial charge is 0.305 e. The molecule has 0 aromatic carbocycles. The summed E-state index contributed by atoms with van der Waals surface area (Å²) < 4.78 is 5.43. The van der Waals surface area contributed by atoms with E-state index in [1.54, 1.807) is 18.2 Å². The van der Waals surface area contributed by atoms with Crippen LogP contribution in [0.5, 0.6) is 5.75 Å². The summed E-state index contributed by atoms with van der Waals surface area (Å²) >= 11 is 0. The van der Waals surface area contributed by atoms with Crippen LogP contribution in [-0.4, -0.2) is 45.1 Å². The predicted octanol–water partition coefficient (Wildman–Crippen LogP) is 0.881. The van der Waals surface area contributed by atoms with Crippen LogP contribution in [0.25, 0.3) is 0 Å². The fraction of sp³-hybridized carbons (Fsp3) is 0.353. The van der Waals surface area contributed by atoms with Crippen molar-refractivity contribution in [2.24, 2.45) is 0 Å². The normalized spacial score (nSPS) is 15.9. The zero-order chi connectivity index (χ0) is 19.7. The number of anilines is 3. The Hall–Kier alpha value is -3.43. The first-order valence-corrected chi connectivity index (χ1v) is 8.22. The number of fused-ring (bicyclic) bond motifs is 1. The number of methoxy groups -OCH3 is 1. The average molecular weight is 372 g/mol. The lowest BCUT2D eigenvalue weighted by atomic mass is 10.1. The molecule has 0 spiro atoms. The minimum atomic E-state index is -1.10. The highest BCUT2D eigenvalue weighted by molar-refractivity contribution is 6.04. The van der Waals surface area contributed by atoms with Gasteiger partial charge in [-0.3, -0.25) is 14.6 Å². The van der Waals surface area contributed by atoms with Crippen LogP contribution in [0.15, 0.2) is 12.4 Å². The summed E-state index contributed by atoms with van der Waals surface area (Å²) in [6.07, 6.45) is 2.68. The van der Waals surface area contributed by atoms with Crippen LogP contribution in [0.3, 0.4) is 0 Å². The molecule has 1 aliphatic rings. The minimum Gasteiger partial charge on any atom is -0.496 e. The zero-order valence-corrected chi connectivity index (χ0v) is 15.2. The van der Waals surface area contributed by atoms with E-state index in [0.29, 0.717) is 22.9 Å². The number of hydrogen-bond acceptors (Lipinski definition) is 8. The number of nitrogens with one attached hydrogen (secondary N) is 1. The third kappa shape index (κ3) is 3.46. The molecule has 1 atom stereocenters. The summed E-state index contributed by atoms with van der Waals surface area (Å²) in [7, 11) is 1.57. The molecule has 3 rings (SSSR count). The Balaban J connectivity index is 2.08. The lowest BCUT2D eigenvalue weighted by Crippen LogP contribution is -2.49. The molecular weight excluding hydrogens is 352 g/mol. The molecular formula is C17H20N6O4. The number of carbonyl (C=O) groups is 2. The summed E-state index contributed by atoms with van der Waals surface area (Å²) in [5.41, 5.74) is 8.40. The Bertz CT molecular complexity index is 917. The monoisotopic (exact) mass is 372 g/mol. The maximum atomic E-state index is 12.5. The highest BCUT2D eigenvalue weighted by Gasteiger charge is 2.36. The summed E-state index contributed by atoms with van der Waals surface area (Å²) in [4.78, 5) is 37.9. The van der Waals surface area contributed by atoms with Gasteiger partial charge < -0.3 is 25.8 Å². The van der Waals surface area contributed by atoms with Crippen molar-refractivity contribution in [1.82, 2.24) is 15.0 Å². The number of pyridine rings is 1. The van der Waals surface area contributed by atoms with Crippen LogP contribution >= 0.6 is 0 Å². The second-order valence-corrected chi connectivity index (χ2v) is 6.24. The number of nitrogen functional groups attached to an aromatic ring is 1. The number of aromatic nitrogens is 3. The van der Waals surface area contributed by atoms with Crippen molar-refractivity contribution in [3.05, 3.63) is 29.2 Å². The van der Waals surface area contributed by atoms with Crippen molar-refractivity contribution in [2.45, 2.75) is 32.9 Å². The Kier molecular flexibility index (Phi) is 4.80. The van der Waals surface area contributed by atoms with Gasteiger partial charge in [-0.05, 0) is 13.8 Å². The summed E-state index contributed by atoms with van der Waals surface area (Å²) in [5, 5.41) is 11.9. The predicted molar refractivity (Wildman–Crippen MR) is 97.6 cm³/mol. The van der Waals surface area contributed by atoms with E-state index >= 15 is 0 Å². The van der Waals surface area contributed by atoms with Crippen LogP contribution in [0, 0.1) is 13.8 Å². The van der Waals surface area contributed by atoms with Crippen LogP contribution < -0.4 is 20.7 Å². The largest absolute Gasteiger partial charge is 0.496 e. The van der Waals surface area contributed by atoms with Crippen molar-refractivity contribution in [3.63, 3.8) is 0 Å². The molecule has 3 heterocycles. The van der Waals surface area contributed by atoms with Crippen molar-refractivity contribution in [3.8, 4) is 5.75 Å². The number of ether oxygens (including phenoxy) is 1. The second-order valence-electron chi connectivity index (χ2n) is 6.24. The van der Waals surface area contributed by atoms with Crippen LogP contribution in [0.2, 0.25) is 0 Å². The van der Waals surface area contributed by atoms with E-state index in [1.165, 1.54) is 6.20 Å². The first-order chi connectivity index (χ1) is 12.8. The van der Waals surface area contributed by atoms with E-state index in [2.05, 4.69) is 20.3 Å². The van der Waals surface area contributed by atoms with Gasteiger partial charge in [-0.1, -0.05) is 0 Å². The summed E-state index contributed by atoms with van der Waals surface area (Å²) in [6, 6.07) is -0.960. The summed E-state index contributed by atoms with van der Waals surface area (Å²) in [6.45, 7) is 3.91. The number of carboxylic acids is 1. The number of carbonyl (C=O) groups excluding carboxylic acids is 1. The zero-order valence-electron chi connectivity index (χ0n) is 15.2. The lowest BCUT2D eigenvalue weighted by molar-refractivity contribution is -0.139. The molecule has 1 aliphatic heterocycles. The van der Waals surface area contributed by atoms with E-state index in [1.807, 2.05) is 13.8 Å². The van der Waals surface area contributed by atoms with Gasteiger partial charge in [0.1, 0.15) is 17.5 Å². The van der Waals surface area contributed by atoms with Gasteiger partial charge in [-0.2, -0.15) is 4.98 Å². The number of nitrogens with two attached hydrogens (primary N) is 1. The molecule has 10 nitrogen and oxygen atoms in total.